The number of carbonyl (C=O) groups excluding carboxylic acids is 1. The van der Waals surface area contributed by atoms with Gasteiger partial charge in [-0.05, 0) is 48.2 Å². The van der Waals surface area contributed by atoms with Gasteiger partial charge in [0.05, 0.1) is 5.56 Å². The zero-order valence-electron chi connectivity index (χ0n) is 18.2. The van der Waals surface area contributed by atoms with Gasteiger partial charge in [-0.25, -0.2) is 4.79 Å². The Labute approximate surface area is 204 Å². The Balaban J connectivity index is 1.56. The van der Waals surface area contributed by atoms with Gasteiger partial charge in [-0.3, -0.25) is 4.79 Å². The zero-order chi connectivity index (χ0) is 23.8. The van der Waals surface area contributed by atoms with Crippen molar-refractivity contribution in [1.29, 1.82) is 0 Å². The van der Waals surface area contributed by atoms with Crippen LogP contribution in [0.3, 0.4) is 0 Å². The average Bonchev–Trinajstić information content (AvgIpc) is 3.25. The minimum atomic E-state index is -1.01. The largest absolute Gasteiger partial charge is 0.507 e. The van der Waals surface area contributed by atoms with Crippen LogP contribution in [0, 0.1) is 0 Å². The Bertz CT molecular complexity index is 1120. The Hall–Kier alpha value is -2.56. The molecule has 3 aromatic rings. The third-order valence-electron chi connectivity index (χ3n) is 4.65. The molecule has 0 bridgehead atoms. The molecule has 0 saturated carbocycles. The second-order valence-electron chi connectivity index (χ2n) is 7.14. The summed E-state index contributed by atoms with van der Waals surface area (Å²) < 4.78 is 6.83. The molecule has 0 amide bonds. The summed E-state index contributed by atoms with van der Waals surface area (Å²) in [6, 6.07) is 10.9. The van der Waals surface area contributed by atoms with Crippen LogP contribution in [0.15, 0.2) is 45.1 Å². The molecule has 0 spiro atoms. The monoisotopic (exact) mass is 504 g/mol. The van der Waals surface area contributed by atoms with Gasteiger partial charge in [0.1, 0.15) is 11.5 Å². The average molecular weight is 505 g/mol. The van der Waals surface area contributed by atoms with E-state index in [1.54, 1.807) is 41.7 Å². The van der Waals surface area contributed by atoms with Gasteiger partial charge in [0.2, 0.25) is 0 Å². The number of thioether (sulfide) groups is 2. The standard InChI is InChI=1S/C23H24N2O5S3/c1-3-4-19-16(7-10-18(14(2)26)21(19)29)13-32-23-25-24-22(33-23)31-12-15-5-8-17(9-6-15)30-11-20(27)28/h5-10,29H,3-4,11-13H2,1-2H3,(H,27,28). The smallest absolute Gasteiger partial charge is 0.341 e. The van der Waals surface area contributed by atoms with Gasteiger partial charge < -0.3 is 14.9 Å². The van der Waals surface area contributed by atoms with Crippen molar-refractivity contribution in [2.24, 2.45) is 0 Å². The molecule has 0 aliphatic rings. The molecule has 2 aromatic carbocycles. The fourth-order valence-corrected chi connectivity index (χ4v) is 6.05. The number of benzene rings is 2. The molecule has 0 unspecified atom stereocenters. The van der Waals surface area contributed by atoms with E-state index in [2.05, 4.69) is 10.2 Å². The number of hydrogen-bond donors (Lipinski definition) is 2. The predicted octanol–water partition coefficient (Wildman–Crippen LogP) is 5.45. The number of carboxylic acids is 1. The molecule has 33 heavy (non-hydrogen) atoms. The van der Waals surface area contributed by atoms with E-state index in [1.165, 1.54) is 18.3 Å². The van der Waals surface area contributed by atoms with Gasteiger partial charge in [0, 0.05) is 11.5 Å². The maximum Gasteiger partial charge on any atom is 0.341 e. The van der Waals surface area contributed by atoms with Crippen LogP contribution in [-0.4, -0.2) is 38.8 Å². The highest BCUT2D eigenvalue weighted by molar-refractivity contribution is 8.02. The molecule has 1 aromatic heterocycles. The van der Waals surface area contributed by atoms with E-state index in [0.29, 0.717) is 29.2 Å². The topological polar surface area (TPSA) is 110 Å². The maximum atomic E-state index is 11.7. The number of carboxylic acid groups (broad SMARTS) is 1. The van der Waals surface area contributed by atoms with Gasteiger partial charge in [-0.1, -0.05) is 66.4 Å². The third kappa shape index (κ3) is 7.21. The lowest BCUT2D eigenvalue weighted by Crippen LogP contribution is -2.09. The first-order valence-electron chi connectivity index (χ1n) is 10.2. The first-order chi connectivity index (χ1) is 15.9. The van der Waals surface area contributed by atoms with Gasteiger partial charge in [-0.2, -0.15) is 0 Å². The number of ketones is 1. The van der Waals surface area contributed by atoms with Crippen LogP contribution in [0.4, 0.5) is 0 Å². The van der Waals surface area contributed by atoms with Crippen LogP contribution < -0.4 is 4.74 Å². The molecule has 7 nitrogen and oxygen atoms in total. The third-order valence-corrected chi connectivity index (χ3v) is 7.96. The Morgan fingerprint density at radius 2 is 1.70 bits per heavy atom. The van der Waals surface area contributed by atoms with E-state index in [4.69, 9.17) is 9.84 Å². The number of phenols is 1. The first kappa shape index (κ1) is 25.1. The van der Waals surface area contributed by atoms with Crippen molar-refractivity contribution in [1.82, 2.24) is 10.2 Å². The Morgan fingerprint density at radius 3 is 2.30 bits per heavy atom. The highest BCUT2D eigenvalue weighted by atomic mass is 32.2. The van der Waals surface area contributed by atoms with Crippen molar-refractivity contribution in [3.63, 3.8) is 0 Å². The fourth-order valence-electron chi connectivity index (χ4n) is 3.05. The molecule has 3 rings (SSSR count). The number of ether oxygens (including phenoxy) is 1. The number of aliphatic carboxylic acids is 1. The molecule has 0 aliphatic heterocycles. The van der Waals surface area contributed by atoms with Gasteiger partial charge in [-0.15, -0.1) is 10.2 Å². The molecule has 0 atom stereocenters. The first-order valence-corrected chi connectivity index (χ1v) is 13.0. The second kappa shape index (κ2) is 12.1. The highest BCUT2D eigenvalue weighted by Gasteiger charge is 2.16. The summed E-state index contributed by atoms with van der Waals surface area (Å²) >= 11 is 4.65. The van der Waals surface area contributed by atoms with Gasteiger partial charge >= 0.3 is 5.97 Å². The fraction of sp³-hybridized carbons (Fsp3) is 0.304. The number of rotatable bonds is 12. The minimum Gasteiger partial charge on any atom is -0.507 e. The van der Waals surface area contributed by atoms with E-state index < -0.39 is 5.97 Å². The van der Waals surface area contributed by atoms with Crippen molar-refractivity contribution in [3.05, 3.63) is 58.7 Å². The van der Waals surface area contributed by atoms with E-state index >= 15 is 0 Å². The van der Waals surface area contributed by atoms with Crippen LogP contribution >= 0.6 is 34.9 Å². The lowest BCUT2D eigenvalue weighted by molar-refractivity contribution is -0.139. The molecular formula is C23H24N2O5S3. The van der Waals surface area contributed by atoms with E-state index in [-0.39, 0.29) is 18.1 Å². The number of phenolic OH excluding ortho intramolecular Hbond substituents is 1. The van der Waals surface area contributed by atoms with E-state index in [1.807, 2.05) is 25.1 Å². The molecule has 174 valence electrons. The summed E-state index contributed by atoms with van der Waals surface area (Å²) in [5.74, 6) is 0.807. The Morgan fingerprint density at radius 1 is 1.03 bits per heavy atom. The van der Waals surface area contributed by atoms with Gasteiger partial charge in [0.25, 0.3) is 0 Å². The second-order valence-corrected chi connectivity index (χ2v) is 10.6. The number of nitrogens with zero attached hydrogens (tertiary/aromatic N) is 2. The molecule has 0 aliphatic carbocycles. The summed E-state index contributed by atoms with van der Waals surface area (Å²) in [6.45, 7) is 3.14. The summed E-state index contributed by atoms with van der Waals surface area (Å²) in [6.07, 6.45) is 1.58. The molecule has 0 fully saturated rings. The van der Waals surface area contributed by atoms with Crippen LogP contribution in [0.25, 0.3) is 0 Å². The SMILES string of the molecule is CCCc1c(CSc2nnc(SCc3ccc(OCC(=O)O)cc3)s2)ccc(C(C)=O)c1O. The van der Waals surface area contributed by atoms with Crippen molar-refractivity contribution < 1.29 is 24.5 Å². The highest BCUT2D eigenvalue weighted by Crippen LogP contribution is 2.35. The van der Waals surface area contributed by atoms with Crippen LogP contribution in [0.5, 0.6) is 11.5 Å². The minimum absolute atomic E-state index is 0.0929. The Kier molecular flexibility index (Phi) is 9.16. The molecule has 0 saturated heterocycles. The lowest BCUT2D eigenvalue weighted by atomic mass is 9.98. The van der Waals surface area contributed by atoms with Crippen molar-refractivity contribution >= 4 is 46.6 Å². The number of aromatic nitrogens is 2. The molecule has 1 heterocycles. The van der Waals surface area contributed by atoms with Crippen LogP contribution in [0.2, 0.25) is 0 Å². The summed E-state index contributed by atoms with van der Waals surface area (Å²) in [7, 11) is 0. The summed E-state index contributed by atoms with van der Waals surface area (Å²) in [5, 5.41) is 27.7. The maximum absolute atomic E-state index is 11.7. The molecule has 0 radical (unpaired) electrons. The van der Waals surface area contributed by atoms with Crippen molar-refractivity contribution in [2.45, 2.75) is 46.9 Å². The summed E-state index contributed by atoms with van der Waals surface area (Å²) in [4.78, 5) is 22.3. The normalized spacial score (nSPS) is 10.8. The van der Waals surface area contributed by atoms with Crippen LogP contribution in [-0.2, 0) is 22.7 Å². The molecule has 2 N–H and O–H groups in total. The quantitative estimate of drug-likeness (QED) is 0.246. The van der Waals surface area contributed by atoms with Crippen LogP contribution in [0.1, 0.15) is 47.3 Å². The number of aromatic hydroxyl groups is 1. The number of carbonyl (C=O) groups is 2. The molecular weight excluding hydrogens is 480 g/mol. The molecule has 10 heteroatoms. The van der Waals surface area contributed by atoms with E-state index in [9.17, 15) is 14.7 Å². The lowest BCUT2D eigenvalue weighted by Gasteiger charge is -2.12. The van der Waals surface area contributed by atoms with Gasteiger partial charge in [0.15, 0.2) is 21.1 Å². The number of Topliss-reactive ketones (excluding diaryl/α,β-unsaturated/α-hetero) is 1. The van der Waals surface area contributed by atoms with E-state index in [0.717, 1.165) is 31.8 Å². The van der Waals surface area contributed by atoms with Crippen molar-refractivity contribution in [2.75, 3.05) is 6.61 Å². The predicted molar refractivity (Wildman–Crippen MR) is 131 cm³/mol. The number of hydrogen-bond acceptors (Lipinski definition) is 9. The summed E-state index contributed by atoms with van der Waals surface area (Å²) in [5.41, 5.74) is 3.26. The van der Waals surface area contributed by atoms with Crippen molar-refractivity contribution in [3.8, 4) is 11.5 Å². The zero-order valence-corrected chi connectivity index (χ0v) is 20.7.